The highest BCUT2D eigenvalue weighted by atomic mass is 19.1. The van der Waals surface area contributed by atoms with Gasteiger partial charge in [0.15, 0.2) is 6.23 Å². The zero-order valence-corrected chi connectivity index (χ0v) is 13.2. The van der Waals surface area contributed by atoms with Crippen LogP contribution in [0.3, 0.4) is 0 Å². The van der Waals surface area contributed by atoms with Crippen LogP contribution in [0.25, 0.3) is 0 Å². The van der Waals surface area contributed by atoms with Gasteiger partial charge >= 0.3 is 0 Å². The molecule has 128 valence electrons. The van der Waals surface area contributed by atoms with Crippen LogP contribution >= 0.6 is 0 Å². The lowest BCUT2D eigenvalue weighted by Gasteiger charge is -2.14. The molecule has 25 heavy (non-hydrogen) atoms. The summed E-state index contributed by atoms with van der Waals surface area (Å²) < 4.78 is 31.7. The Balaban J connectivity index is 1.59. The number of hydrogen-bond donors (Lipinski definition) is 2. The van der Waals surface area contributed by atoms with Crippen molar-refractivity contribution in [1.82, 2.24) is 4.98 Å². The standard InChI is InChI=1S/C19H16F2N2O2/c20-15-4-1-3-13(9-15)12-25-18-8-7-14(11-22-18)19(24)23-17-6-2-5-16(21)10-17/h1-11,19,23-24H,12H2. The Bertz CT molecular complexity index is 841. The van der Waals surface area contributed by atoms with Crippen LogP contribution in [0.15, 0.2) is 66.9 Å². The maximum absolute atomic E-state index is 13.1. The Morgan fingerprint density at radius 1 is 1.00 bits per heavy atom. The summed E-state index contributed by atoms with van der Waals surface area (Å²) in [6, 6.07) is 15.2. The quantitative estimate of drug-likeness (QED) is 0.664. The molecule has 0 fully saturated rings. The SMILES string of the molecule is OC(Nc1cccc(F)c1)c1ccc(OCc2cccc(F)c2)nc1. The summed E-state index contributed by atoms with van der Waals surface area (Å²) in [5.41, 5.74) is 1.65. The second-order valence-electron chi connectivity index (χ2n) is 5.41. The number of aromatic nitrogens is 1. The highest BCUT2D eigenvalue weighted by Crippen LogP contribution is 2.19. The largest absolute Gasteiger partial charge is 0.473 e. The molecule has 0 radical (unpaired) electrons. The van der Waals surface area contributed by atoms with E-state index in [0.717, 1.165) is 0 Å². The first-order chi connectivity index (χ1) is 12.1. The third kappa shape index (κ3) is 4.74. The van der Waals surface area contributed by atoms with Crippen molar-refractivity contribution in [3.8, 4) is 5.88 Å². The lowest BCUT2D eigenvalue weighted by molar-refractivity contribution is 0.207. The zero-order valence-electron chi connectivity index (χ0n) is 13.2. The van der Waals surface area contributed by atoms with Crippen LogP contribution in [-0.2, 0) is 6.61 Å². The first-order valence-electron chi connectivity index (χ1n) is 7.63. The third-order valence-electron chi connectivity index (χ3n) is 3.48. The number of pyridine rings is 1. The van der Waals surface area contributed by atoms with Crippen molar-refractivity contribution in [3.63, 3.8) is 0 Å². The summed E-state index contributed by atoms with van der Waals surface area (Å²) in [7, 11) is 0. The molecule has 3 rings (SSSR count). The van der Waals surface area contributed by atoms with E-state index in [4.69, 9.17) is 4.74 Å². The Kier molecular flexibility index (Phi) is 5.20. The minimum Gasteiger partial charge on any atom is -0.473 e. The molecule has 1 heterocycles. The van der Waals surface area contributed by atoms with Crippen LogP contribution in [0.1, 0.15) is 17.4 Å². The van der Waals surface area contributed by atoms with Gasteiger partial charge in [0, 0.05) is 23.5 Å². The summed E-state index contributed by atoms with van der Waals surface area (Å²) in [4.78, 5) is 4.11. The molecule has 0 amide bonds. The van der Waals surface area contributed by atoms with Crippen LogP contribution in [0.5, 0.6) is 5.88 Å². The molecule has 0 aliphatic rings. The van der Waals surface area contributed by atoms with E-state index in [0.29, 0.717) is 22.7 Å². The fourth-order valence-electron chi connectivity index (χ4n) is 2.24. The van der Waals surface area contributed by atoms with Gasteiger partial charge in [-0.25, -0.2) is 13.8 Å². The van der Waals surface area contributed by atoms with E-state index in [1.807, 2.05) is 0 Å². The normalized spacial score (nSPS) is 11.8. The molecule has 1 unspecified atom stereocenters. The van der Waals surface area contributed by atoms with Gasteiger partial charge in [0.05, 0.1) is 0 Å². The Hall–Kier alpha value is -2.99. The molecule has 4 nitrogen and oxygen atoms in total. The van der Waals surface area contributed by atoms with Crippen LogP contribution < -0.4 is 10.1 Å². The maximum atomic E-state index is 13.1. The number of benzene rings is 2. The molecule has 6 heteroatoms. The number of rotatable bonds is 6. The maximum Gasteiger partial charge on any atom is 0.213 e. The number of anilines is 1. The number of halogens is 2. The minimum atomic E-state index is -1.04. The van der Waals surface area contributed by atoms with E-state index >= 15 is 0 Å². The molecule has 0 saturated carbocycles. The molecule has 0 aliphatic heterocycles. The van der Waals surface area contributed by atoms with Crippen molar-refractivity contribution < 1.29 is 18.6 Å². The van der Waals surface area contributed by atoms with E-state index in [9.17, 15) is 13.9 Å². The summed E-state index contributed by atoms with van der Waals surface area (Å²) in [5.74, 6) is -0.363. The average molecular weight is 342 g/mol. The monoisotopic (exact) mass is 342 g/mol. The van der Waals surface area contributed by atoms with Crippen LogP contribution in [0.4, 0.5) is 14.5 Å². The van der Waals surface area contributed by atoms with Crippen molar-refractivity contribution in [3.05, 3.63) is 89.6 Å². The molecule has 0 bridgehead atoms. The van der Waals surface area contributed by atoms with Gasteiger partial charge in [-0.3, -0.25) is 0 Å². The van der Waals surface area contributed by atoms with E-state index in [1.165, 1.54) is 30.5 Å². The van der Waals surface area contributed by atoms with E-state index in [1.54, 1.807) is 36.4 Å². The summed E-state index contributed by atoms with van der Waals surface area (Å²) >= 11 is 0. The van der Waals surface area contributed by atoms with Gasteiger partial charge in [0.25, 0.3) is 0 Å². The van der Waals surface area contributed by atoms with E-state index in [-0.39, 0.29) is 12.4 Å². The molecular weight excluding hydrogens is 326 g/mol. The molecule has 0 saturated heterocycles. The molecule has 3 aromatic rings. The van der Waals surface area contributed by atoms with Gasteiger partial charge < -0.3 is 15.2 Å². The third-order valence-corrected chi connectivity index (χ3v) is 3.48. The smallest absolute Gasteiger partial charge is 0.213 e. The molecule has 0 spiro atoms. The highest BCUT2D eigenvalue weighted by molar-refractivity contribution is 5.44. The van der Waals surface area contributed by atoms with Crippen LogP contribution in [-0.4, -0.2) is 10.1 Å². The predicted octanol–water partition coefficient (Wildman–Crippen LogP) is 4.04. The predicted molar refractivity (Wildman–Crippen MR) is 90.0 cm³/mol. The fraction of sp³-hybridized carbons (Fsp3) is 0.105. The summed E-state index contributed by atoms with van der Waals surface area (Å²) in [6.45, 7) is 0.189. The topological polar surface area (TPSA) is 54.4 Å². The average Bonchev–Trinajstić information content (AvgIpc) is 2.60. The van der Waals surface area contributed by atoms with Crippen molar-refractivity contribution in [2.24, 2.45) is 0 Å². The lowest BCUT2D eigenvalue weighted by atomic mass is 10.2. The van der Waals surface area contributed by atoms with Crippen molar-refractivity contribution >= 4 is 5.69 Å². The zero-order chi connectivity index (χ0) is 17.6. The Morgan fingerprint density at radius 2 is 1.76 bits per heavy atom. The lowest BCUT2D eigenvalue weighted by Crippen LogP contribution is -2.10. The fourth-order valence-corrected chi connectivity index (χ4v) is 2.24. The molecule has 0 aliphatic carbocycles. The molecule has 1 atom stereocenters. The van der Waals surface area contributed by atoms with Gasteiger partial charge in [-0.15, -0.1) is 0 Å². The number of aliphatic hydroxyl groups is 1. The second kappa shape index (κ2) is 7.72. The Labute approximate surface area is 143 Å². The second-order valence-corrected chi connectivity index (χ2v) is 5.41. The highest BCUT2D eigenvalue weighted by Gasteiger charge is 2.09. The molecule has 2 aromatic carbocycles. The first kappa shape index (κ1) is 16.9. The summed E-state index contributed by atoms with van der Waals surface area (Å²) in [6.07, 6.45) is 0.421. The molecule has 2 N–H and O–H groups in total. The van der Waals surface area contributed by atoms with Crippen molar-refractivity contribution in [1.29, 1.82) is 0 Å². The molecule has 1 aromatic heterocycles. The number of aliphatic hydroxyl groups excluding tert-OH is 1. The van der Waals surface area contributed by atoms with E-state index < -0.39 is 12.0 Å². The van der Waals surface area contributed by atoms with E-state index in [2.05, 4.69) is 10.3 Å². The van der Waals surface area contributed by atoms with Crippen LogP contribution in [0, 0.1) is 11.6 Å². The number of ether oxygens (including phenoxy) is 1. The van der Waals surface area contributed by atoms with Crippen molar-refractivity contribution in [2.75, 3.05) is 5.32 Å². The number of hydrogen-bond acceptors (Lipinski definition) is 4. The summed E-state index contributed by atoms with van der Waals surface area (Å²) in [5, 5.41) is 12.9. The minimum absolute atomic E-state index is 0.189. The number of nitrogens with zero attached hydrogens (tertiary/aromatic N) is 1. The van der Waals surface area contributed by atoms with Gasteiger partial charge in [-0.2, -0.15) is 0 Å². The van der Waals surface area contributed by atoms with Crippen molar-refractivity contribution in [2.45, 2.75) is 12.8 Å². The van der Waals surface area contributed by atoms with Gasteiger partial charge in [0.2, 0.25) is 5.88 Å². The van der Waals surface area contributed by atoms with Gasteiger partial charge in [-0.1, -0.05) is 18.2 Å². The molecular formula is C19H16F2N2O2. The van der Waals surface area contributed by atoms with Crippen LogP contribution in [0.2, 0.25) is 0 Å². The number of nitrogens with one attached hydrogen (secondary N) is 1. The Morgan fingerprint density at radius 3 is 2.44 bits per heavy atom. The van der Waals surface area contributed by atoms with Gasteiger partial charge in [-0.05, 0) is 42.0 Å². The van der Waals surface area contributed by atoms with Gasteiger partial charge in [0.1, 0.15) is 18.2 Å². The first-order valence-corrected chi connectivity index (χ1v) is 7.63.